The van der Waals surface area contributed by atoms with Gasteiger partial charge in [-0.05, 0) is 44.1 Å². The molecule has 0 rings (SSSR count). The van der Waals surface area contributed by atoms with E-state index in [-0.39, 0.29) is 5.78 Å². The molecule has 0 spiro atoms. The molecule has 0 heterocycles. The van der Waals surface area contributed by atoms with E-state index in [1.807, 2.05) is 26.8 Å². The Labute approximate surface area is 129 Å². The van der Waals surface area contributed by atoms with Crippen molar-refractivity contribution in [2.24, 2.45) is 5.92 Å². The van der Waals surface area contributed by atoms with Crippen molar-refractivity contribution in [3.8, 4) is 0 Å². The zero-order chi connectivity index (χ0) is 16.3. The second-order valence-electron chi connectivity index (χ2n) is 5.75. The van der Waals surface area contributed by atoms with Crippen molar-refractivity contribution >= 4 is 11.6 Å². The van der Waals surface area contributed by atoms with Gasteiger partial charge in [0.05, 0.1) is 11.8 Å². The zero-order valence-corrected chi connectivity index (χ0v) is 13.9. The van der Waals surface area contributed by atoms with Crippen LogP contribution in [0, 0.1) is 5.92 Å². The van der Waals surface area contributed by atoms with Crippen molar-refractivity contribution in [3.05, 3.63) is 23.5 Å². The third-order valence-corrected chi connectivity index (χ3v) is 3.57. The summed E-state index contributed by atoms with van der Waals surface area (Å²) in [6.45, 7) is 7.91. The topological polar surface area (TPSA) is 54.4 Å². The van der Waals surface area contributed by atoms with Gasteiger partial charge in [-0.15, -0.1) is 0 Å². The largest absolute Gasteiger partial charge is 0.515 e. The monoisotopic (exact) mass is 294 g/mol. The van der Waals surface area contributed by atoms with Gasteiger partial charge in [0.15, 0.2) is 5.78 Å². The molecule has 1 N–H and O–H groups in total. The fourth-order valence-corrected chi connectivity index (χ4v) is 2.43. The predicted molar refractivity (Wildman–Crippen MR) is 87.3 cm³/mol. The molecule has 0 aliphatic rings. The normalized spacial score (nSPS) is 14.1. The zero-order valence-electron chi connectivity index (χ0n) is 13.9. The Morgan fingerprint density at radius 1 is 1.19 bits per heavy atom. The number of hydrogen-bond acceptors (Lipinski definition) is 3. The summed E-state index contributed by atoms with van der Waals surface area (Å²) in [5.41, 5.74) is 1.24. The average molecular weight is 294 g/mol. The molecule has 3 heteroatoms. The fraction of sp³-hybridized carbons (Fsp3) is 0.667. The number of carbonyl (C=O) groups excluding carboxylic acids is 2. The van der Waals surface area contributed by atoms with Crippen molar-refractivity contribution in [1.82, 2.24) is 0 Å². The number of hydrogen-bond donors (Lipinski definition) is 1. The first-order chi connectivity index (χ1) is 9.96. The summed E-state index contributed by atoms with van der Waals surface area (Å²) in [5, 5.41) is 9.21. The first-order valence-corrected chi connectivity index (χ1v) is 8.02. The smallest absolute Gasteiger partial charge is 0.166 e. The maximum absolute atomic E-state index is 12.1. The molecular formula is C18H30O3. The molecular weight excluding hydrogens is 264 g/mol. The van der Waals surface area contributed by atoms with Crippen molar-refractivity contribution in [2.45, 2.75) is 72.6 Å². The minimum absolute atomic E-state index is 0.0215. The highest BCUT2D eigenvalue weighted by molar-refractivity contribution is 5.99. The first-order valence-electron chi connectivity index (χ1n) is 8.02. The Bertz CT molecular complexity index is 391. The highest BCUT2D eigenvalue weighted by Crippen LogP contribution is 2.18. The van der Waals surface area contributed by atoms with Crippen LogP contribution in [0.5, 0.6) is 0 Å². The van der Waals surface area contributed by atoms with Gasteiger partial charge in [-0.2, -0.15) is 0 Å². The highest BCUT2D eigenvalue weighted by Gasteiger charge is 2.13. The van der Waals surface area contributed by atoms with Gasteiger partial charge in [-0.1, -0.05) is 26.8 Å². The van der Waals surface area contributed by atoms with E-state index in [1.54, 1.807) is 0 Å². The Morgan fingerprint density at radius 2 is 1.86 bits per heavy atom. The van der Waals surface area contributed by atoms with Crippen molar-refractivity contribution in [3.63, 3.8) is 0 Å². The second-order valence-corrected chi connectivity index (χ2v) is 5.75. The fourth-order valence-electron chi connectivity index (χ4n) is 2.43. The summed E-state index contributed by atoms with van der Waals surface area (Å²) in [6.07, 6.45) is 7.91. The van der Waals surface area contributed by atoms with Gasteiger partial charge in [0.1, 0.15) is 5.78 Å². The van der Waals surface area contributed by atoms with Crippen LogP contribution in [0.15, 0.2) is 23.5 Å². The van der Waals surface area contributed by atoms with Crippen molar-refractivity contribution in [2.75, 3.05) is 0 Å². The predicted octanol–water partition coefficient (Wildman–Crippen LogP) is 4.92. The molecule has 0 radical (unpaired) electrons. The standard InChI is InChI=1S/C18H30O3/c1-5-8-15(4)17(13-19)18(21)11-7-10-14(3)12-16(20)9-6-2/h8,13-14,19H,5-7,9-12H2,1-4H3/b15-8-,17-13+. The summed E-state index contributed by atoms with van der Waals surface area (Å²) >= 11 is 0. The van der Waals surface area contributed by atoms with Crippen LogP contribution in [0.1, 0.15) is 72.6 Å². The van der Waals surface area contributed by atoms with E-state index in [1.165, 1.54) is 0 Å². The van der Waals surface area contributed by atoms with Crippen molar-refractivity contribution in [1.29, 1.82) is 0 Å². The van der Waals surface area contributed by atoms with Gasteiger partial charge in [-0.3, -0.25) is 9.59 Å². The third-order valence-electron chi connectivity index (χ3n) is 3.57. The quantitative estimate of drug-likeness (QED) is 0.334. The number of aliphatic hydroxyl groups excluding tert-OH is 1. The van der Waals surface area contributed by atoms with Gasteiger partial charge in [-0.25, -0.2) is 0 Å². The number of ketones is 2. The summed E-state index contributed by atoms with van der Waals surface area (Å²) in [4.78, 5) is 23.6. The summed E-state index contributed by atoms with van der Waals surface area (Å²) in [6, 6.07) is 0. The van der Waals surface area contributed by atoms with Gasteiger partial charge in [0.25, 0.3) is 0 Å². The minimum Gasteiger partial charge on any atom is -0.515 e. The molecule has 0 aliphatic carbocycles. The average Bonchev–Trinajstić information content (AvgIpc) is 2.39. The van der Waals surface area contributed by atoms with E-state index in [4.69, 9.17) is 0 Å². The van der Waals surface area contributed by atoms with Gasteiger partial charge in [0, 0.05) is 19.3 Å². The molecule has 1 unspecified atom stereocenters. The molecule has 3 nitrogen and oxygen atoms in total. The molecule has 0 saturated heterocycles. The highest BCUT2D eigenvalue weighted by atomic mass is 16.2. The van der Waals surface area contributed by atoms with Crippen LogP contribution in [0.4, 0.5) is 0 Å². The lowest BCUT2D eigenvalue weighted by Gasteiger charge is -2.10. The molecule has 0 aromatic rings. The number of aliphatic hydroxyl groups is 1. The molecule has 0 saturated carbocycles. The number of allylic oxidation sites excluding steroid dienone is 3. The van der Waals surface area contributed by atoms with Gasteiger partial charge < -0.3 is 5.11 Å². The molecule has 0 aromatic carbocycles. The number of rotatable bonds is 11. The summed E-state index contributed by atoms with van der Waals surface area (Å²) in [7, 11) is 0. The molecule has 0 aromatic heterocycles. The summed E-state index contributed by atoms with van der Waals surface area (Å²) in [5.74, 6) is 0.617. The molecule has 0 aliphatic heterocycles. The molecule has 0 fully saturated rings. The SMILES string of the molecule is CC/C=C(C)\C(=C/O)C(=O)CCCC(C)CC(=O)CCC. The molecule has 0 amide bonds. The lowest BCUT2D eigenvalue weighted by molar-refractivity contribution is -0.119. The van der Waals surface area contributed by atoms with E-state index >= 15 is 0 Å². The van der Waals surface area contributed by atoms with E-state index in [2.05, 4.69) is 6.92 Å². The van der Waals surface area contributed by atoms with Gasteiger partial charge >= 0.3 is 0 Å². The molecule has 21 heavy (non-hydrogen) atoms. The van der Waals surface area contributed by atoms with E-state index in [0.29, 0.717) is 36.5 Å². The van der Waals surface area contributed by atoms with Crippen LogP contribution in [-0.4, -0.2) is 16.7 Å². The number of carbonyl (C=O) groups is 2. The second kappa shape index (κ2) is 11.3. The van der Waals surface area contributed by atoms with E-state index in [0.717, 1.165) is 37.5 Å². The Kier molecular flexibility index (Phi) is 10.6. The van der Waals surface area contributed by atoms with Crippen LogP contribution in [0.2, 0.25) is 0 Å². The van der Waals surface area contributed by atoms with Crippen LogP contribution >= 0.6 is 0 Å². The number of Topliss-reactive ketones (excluding diaryl/α,β-unsaturated/α-hetero) is 2. The maximum Gasteiger partial charge on any atom is 0.166 e. The Balaban J connectivity index is 4.19. The third kappa shape index (κ3) is 8.49. The maximum atomic E-state index is 12.1. The van der Waals surface area contributed by atoms with Crippen molar-refractivity contribution < 1.29 is 14.7 Å². The van der Waals surface area contributed by atoms with Crippen LogP contribution < -0.4 is 0 Å². The van der Waals surface area contributed by atoms with Gasteiger partial charge in [0.2, 0.25) is 0 Å². The van der Waals surface area contributed by atoms with Crippen LogP contribution in [-0.2, 0) is 9.59 Å². The van der Waals surface area contributed by atoms with Crippen LogP contribution in [0.3, 0.4) is 0 Å². The van der Waals surface area contributed by atoms with E-state index in [9.17, 15) is 14.7 Å². The molecule has 1 atom stereocenters. The molecule has 0 bridgehead atoms. The molecule has 120 valence electrons. The first kappa shape index (κ1) is 19.6. The minimum atomic E-state index is -0.0215. The van der Waals surface area contributed by atoms with E-state index < -0.39 is 0 Å². The van der Waals surface area contributed by atoms with Crippen LogP contribution in [0.25, 0.3) is 0 Å². The Hall–Kier alpha value is -1.38. The lowest BCUT2D eigenvalue weighted by Crippen LogP contribution is -2.08. The lowest BCUT2D eigenvalue weighted by atomic mass is 9.94. The Morgan fingerprint density at radius 3 is 2.38 bits per heavy atom. The summed E-state index contributed by atoms with van der Waals surface area (Å²) < 4.78 is 0.